The van der Waals surface area contributed by atoms with Crippen LogP contribution in [0.15, 0.2) is 30.5 Å². The maximum atomic E-state index is 3.38. The van der Waals surface area contributed by atoms with Crippen LogP contribution in [0.5, 0.6) is 0 Å². The molecule has 1 saturated carbocycles. The molecule has 0 amide bonds. The summed E-state index contributed by atoms with van der Waals surface area (Å²) in [5.74, 6) is 1.05. The minimum absolute atomic E-state index is 1.05. The van der Waals surface area contributed by atoms with Gasteiger partial charge in [0.15, 0.2) is 0 Å². The minimum atomic E-state index is 1.05. The largest absolute Gasteiger partial charge is 0.361 e. The molecular formula is C19H27N. The summed E-state index contributed by atoms with van der Waals surface area (Å²) >= 11 is 0. The van der Waals surface area contributed by atoms with Crippen molar-refractivity contribution in [1.29, 1.82) is 0 Å². The first-order valence-electron chi connectivity index (χ1n) is 8.48. The number of nitrogens with one attached hydrogen (secondary N) is 1. The van der Waals surface area contributed by atoms with E-state index in [1.54, 1.807) is 0 Å². The first-order valence-corrected chi connectivity index (χ1v) is 8.48. The maximum Gasteiger partial charge on any atom is 0.0486 e. The number of H-pyrrole nitrogens is 1. The van der Waals surface area contributed by atoms with Crippen LogP contribution in [-0.4, -0.2) is 4.98 Å². The Bertz CT molecular complexity index is 519. The molecule has 1 aliphatic carbocycles. The van der Waals surface area contributed by atoms with Crippen molar-refractivity contribution >= 4 is 10.9 Å². The molecule has 0 saturated heterocycles. The average molecular weight is 269 g/mol. The third-order valence-electron chi connectivity index (χ3n) is 4.96. The number of aromatic nitrogens is 1. The van der Waals surface area contributed by atoms with E-state index in [0.717, 1.165) is 5.92 Å². The summed E-state index contributed by atoms with van der Waals surface area (Å²) in [6, 6.07) is 8.83. The average Bonchev–Trinajstić information content (AvgIpc) is 2.97. The Labute approximate surface area is 122 Å². The molecule has 0 radical (unpaired) electrons. The van der Waals surface area contributed by atoms with Crippen LogP contribution in [0.2, 0.25) is 0 Å². The molecule has 1 heteroatoms. The Kier molecular flexibility index (Phi) is 4.78. The summed E-state index contributed by atoms with van der Waals surface area (Å²) < 4.78 is 0. The Morgan fingerprint density at radius 3 is 2.75 bits per heavy atom. The van der Waals surface area contributed by atoms with Gasteiger partial charge in [-0.05, 0) is 35.8 Å². The van der Waals surface area contributed by atoms with Gasteiger partial charge in [0.1, 0.15) is 0 Å². The molecule has 0 spiro atoms. The van der Waals surface area contributed by atoms with Crippen molar-refractivity contribution in [3.63, 3.8) is 0 Å². The predicted molar refractivity (Wildman–Crippen MR) is 87.0 cm³/mol. The van der Waals surface area contributed by atoms with Gasteiger partial charge in [-0.2, -0.15) is 0 Å². The van der Waals surface area contributed by atoms with Gasteiger partial charge >= 0.3 is 0 Å². The second-order valence-corrected chi connectivity index (χ2v) is 6.46. The van der Waals surface area contributed by atoms with Gasteiger partial charge < -0.3 is 4.98 Å². The molecule has 0 atom stereocenters. The number of aryl methyl sites for hydroxylation is 1. The van der Waals surface area contributed by atoms with Crippen LogP contribution in [0, 0.1) is 5.92 Å². The van der Waals surface area contributed by atoms with Crippen LogP contribution in [0.3, 0.4) is 0 Å². The summed E-state index contributed by atoms with van der Waals surface area (Å²) in [4.78, 5) is 3.38. The molecule has 0 aliphatic heterocycles. The van der Waals surface area contributed by atoms with Crippen molar-refractivity contribution in [2.24, 2.45) is 5.92 Å². The van der Waals surface area contributed by atoms with E-state index in [9.17, 15) is 0 Å². The van der Waals surface area contributed by atoms with Crippen molar-refractivity contribution in [2.75, 3.05) is 0 Å². The Morgan fingerprint density at radius 2 is 1.85 bits per heavy atom. The third-order valence-corrected chi connectivity index (χ3v) is 4.96. The van der Waals surface area contributed by atoms with Crippen LogP contribution in [0.4, 0.5) is 0 Å². The topological polar surface area (TPSA) is 15.8 Å². The number of fused-ring (bicyclic) bond motifs is 1. The van der Waals surface area contributed by atoms with Crippen molar-refractivity contribution in [3.8, 4) is 0 Å². The molecule has 1 N–H and O–H groups in total. The smallest absolute Gasteiger partial charge is 0.0486 e. The summed E-state index contributed by atoms with van der Waals surface area (Å²) in [5, 5.41) is 1.35. The number of para-hydroxylation sites is 1. The van der Waals surface area contributed by atoms with Crippen LogP contribution in [0.25, 0.3) is 10.9 Å². The van der Waals surface area contributed by atoms with Gasteiger partial charge in [-0.1, -0.05) is 69.6 Å². The minimum Gasteiger partial charge on any atom is -0.361 e. The van der Waals surface area contributed by atoms with Crippen molar-refractivity contribution < 1.29 is 0 Å². The monoisotopic (exact) mass is 269 g/mol. The zero-order valence-electron chi connectivity index (χ0n) is 12.5. The Hall–Kier alpha value is -1.24. The molecule has 1 aromatic carbocycles. The standard InChI is InChI=1S/C19H27N/c1-3-8-16(9-4-1)10-5-2-6-11-17-12-7-13-18-14-15-20-19(17)18/h7,12-16,20H,1-6,8-11H2. The molecule has 1 fully saturated rings. The zero-order valence-corrected chi connectivity index (χ0v) is 12.5. The lowest BCUT2D eigenvalue weighted by Crippen LogP contribution is -2.05. The van der Waals surface area contributed by atoms with E-state index in [2.05, 4.69) is 35.4 Å². The fourth-order valence-electron chi connectivity index (χ4n) is 3.76. The molecule has 20 heavy (non-hydrogen) atoms. The quantitative estimate of drug-likeness (QED) is 0.633. The van der Waals surface area contributed by atoms with Crippen LogP contribution in [0.1, 0.15) is 63.4 Å². The second kappa shape index (κ2) is 6.97. The van der Waals surface area contributed by atoms with Gasteiger partial charge in [0, 0.05) is 11.7 Å². The number of aromatic amines is 1. The number of rotatable bonds is 6. The van der Waals surface area contributed by atoms with Gasteiger partial charge in [0.2, 0.25) is 0 Å². The molecule has 2 aromatic rings. The lowest BCUT2D eigenvalue weighted by molar-refractivity contribution is 0.328. The summed E-state index contributed by atoms with van der Waals surface area (Å²) in [6.45, 7) is 0. The molecule has 0 unspecified atom stereocenters. The number of hydrogen-bond acceptors (Lipinski definition) is 0. The number of benzene rings is 1. The molecule has 0 bridgehead atoms. The highest BCUT2D eigenvalue weighted by Crippen LogP contribution is 2.28. The van der Waals surface area contributed by atoms with Crippen LogP contribution >= 0.6 is 0 Å². The molecule has 3 rings (SSSR count). The molecule has 1 aromatic heterocycles. The lowest BCUT2D eigenvalue weighted by Gasteiger charge is -2.21. The zero-order chi connectivity index (χ0) is 13.6. The molecular weight excluding hydrogens is 242 g/mol. The van der Waals surface area contributed by atoms with E-state index in [1.807, 2.05) is 0 Å². The van der Waals surface area contributed by atoms with E-state index in [4.69, 9.17) is 0 Å². The summed E-state index contributed by atoms with van der Waals surface area (Å²) in [7, 11) is 0. The first-order chi connectivity index (χ1) is 9.93. The molecule has 1 nitrogen and oxygen atoms in total. The van der Waals surface area contributed by atoms with Crippen molar-refractivity contribution in [3.05, 3.63) is 36.0 Å². The van der Waals surface area contributed by atoms with Gasteiger partial charge in [0.25, 0.3) is 0 Å². The highest BCUT2D eigenvalue weighted by Gasteiger charge is 2.12. The number of hydrogen-bond donors (Lipinski definition) is 1. The van der Waals surface area contributed by atoms with E-state index < -0.39 is 0 Å². The maximum absolute atomic E-state index is 3.38. The van der Waals surface area contributed by atoms with Gasteiger partial charge in [-0.25, -0.2) is 0 Å². The summed E-state index contributed by atoms with van der Waals surface area (Å²) in [6.07, 6.45) is 16.4. The van der Waals surface area contributed by atoms with Crippen molar-refractivity contribution in [1.82, 2.24) is 4.98 Å². The van der Waals surface area contributed by atoms with Gasteiger partial charge in [-0.3, -0.25) is 0 Å². The van der Waals surface area contributed by atoms with E-state index >= 15 is 0 Å². The number of unbranched alkanes of at least 4 members (excludes halogenated alkanes) is 2. The van der Waals surface area contributed by atoms with Crippen molar-refractivity contribution in [2.45, 2.75) is 64.2 Å². The van der Waals surface area contributed by atoms with Gasteiger partial charge in [-0.15, -0.1) is 0 Å². The lowest BCUT2D eigenvalue weighted by atomic mass is 9.85. The SMILES string of the molecule is c1cc(CCCCCC2CCCCC2)c2[nH]ccc2c1. The van der Waals surface area contributed by atoms with Crippen LogP contribution < -0.4 is 0 Å². The highest BCUT2D eigenvalue weighted by molar-refractivity contribution is 5.82. The van der Waals surface area contributed by atoms with Gasteiger partial charge in [0.05, 0.1) is 0 Å². The Balaban J connectivity index is 1.40. The molecule has 108 valence electrons. The van der Waals surface area contributed by atoms with E-state index in [-0.39, 0.29) is 0 Å². The second-order valence-electron chi connectivity index (χ2n) is 6.46. The predicted octanol–water partition coefficient (Wildman–Crippen LogP) is 5.85. The first kappa shape index (κ1) is 13.7. The molecule has 1 heterocycles. The third kappa shape index (κ3) is 3.45. The van der Waals surface area contributed by atoms with E-state index in [1.165, 1.54) is 80.7 Å². The summed E-state index contributed by atoms with van der Waals surface area (Å²) in [5.41, 5.74) is 2.84. The Morgan fingerprint density at radius 1 is 0.950 bits per heavy atom. The normalized spacial score (nSPS) is 16.8. The highest BCUT2D eigenvalue weighted by atomic mass is 14.7. The molecule has 1 aliphatic rings. The van der Waals surface area contributed by atoms with Crippen LogP contribution in [-0.2, 0) is 6.42 Å². The fraction of sp³-hybridized carbons (Fsp3) is 0.579. The van der Waals surface area contributed by atoms with E-state index in [0.29, 0.717) is 0 Å². The fourth-order valence-corrected chi connectivity index (χ4v) is 3.76.